The molecule has 0 amide bonds. The van der Waals surface area contributed by atoms with Gasteiger partial charge in [-0.05, 0) is 21.6 Å². The van der Waals surface area contributed by atoms with Crippen LogP contribution in [-0.4, -0.2) is 25.5 Å². The maximum atomic E-state index is 4.19. The first-order valence-electron chi connectivity index (χ1n) is 6.80. The van der Waals surface area contributed by atoms with Crippen molar-refractivity contribution in [2.75, 3.05) is 5.33 Å². The summed E-state index contributed by atoms with van der Waals surface area (Å²) in [4.78, 5) is 0. The van der Waals surface area contributed by atoms with E-state index in [0.29, 0.717) is 0 Å². The van der Waals surface area contributed by atoms with Crippen LogP contribution in [0.25, 0.3) is 0 Å². The Balaban J connectivity index is 1.91. The average Bonchev–Trinajstić information content (AvgIpc) is 2.98. The summed E-state index contributed by atoms with van der Waals surface area (Å²) in [5.74, 6) is 0.870. The van der Waals surface area contributed by atoms with E-state index < -0.39 is 0 Å². The van der Waals surface area contributed by atoms with E-state index in [1.165, 1.54) is 11.1 Å². The molecule has 1 atom stereocenters. The molecule has 2 aromatic carbocycles. The molecule has 0 bridgehead atoms. The lowest BCUT2D eigenvalue weighted by atomic mass is 10.1. The fourth-order valence-electron chi connectivity index (χ4n) is 2.32. The van der Waals surface area contributed by atoms with Crippen LogP contribution in [0.1, 0.15) is 23.0 Å². The molecule has 1 heterocycles. The number of hydrogen-bond donors (Lipinski definition) is 0. The van der Waals surface area contributed by atoms with E-state index in [1.807, 2.05) is 41.1 Å². The number of aromatic nitrogens is 4. The lowest BCUT2D eigenvalue weighted by Crippen LogP contribution is -2.17. The number of rotatable bonds is 5. The molecule has 0 N–H and O–H groups in total. The standard InChI is InChI=1S/C16H15BrN4/c17-12-15(14-9-5-2-6-10-14)21-16(18-19-20-21)11-13-7-3-1-4-8-13/h1-10,15H,11-12H2. The molecular weight excluding hydrogens is 328 g/mol. The highest BCUT2D eigenvalue weighted by Crippen LogP contribution is 2.21. The third-order valence-electron chi connectivity index (χ3n) is 3.39. The maximum Gasteiger partial charge on any atom is 0.156 e. The fourth-order valence-corrected chi connectivity index (χ4v) is 2.97. The second kappa shape index (κ2) is 6.63. The topological polar surface area (TPSA) is 43.6 Å². The zero-order valence-electron chi connectivity index (χ0n) is 11.4. The summed E-state index contributed by atoms with van der Waals surface area (Å²) >= 11 is 3.58. The summed E-state index contributed by atoms with van der Waals surface area (Å²) < 4.78 is 1.90. The predicted molar refractivity (Wildman–Crippen MR) is 85.4 cm³/mol. The Bertz CT molecular complexity index is 682. The monoisotopic (exact) mass is 342 g/mol. The van der Waals surface area contributed by atoms with Gasteiger partial charge in [0.2, 0.25) is 0 Å². The summed E-state index contributed by atoms with van der Waals surface area (Å²) in [6.07, 6.45) is 0.726. The van der Waals surface area contributed by atoms with Crippen molar-refractivity contribution in [1.82, 2.24) is 20.2 Å². The van der Waals surface area contributed by atoms with Crippen LogP contribution in [0, 0.1) is 0 Å². The predicted octanol–water partition coefficient (Wildman–Crippen LogP) is 3.25. The molecule has 0 radical (unpaired) electrons. The highest BCUT2D eigenvalue weighted by atomic mass is 79.9. The summed E-state index contributed by atoms with van der Waals surface area (Å²) in [6, 6.07) is 20.6. The number of alkyl halides is 1. The van der Waals surface area contributed by atoms with Gasteiger partial charge in [0, 0.05) is 11.8 Å². The van der Waals surface area contributed by atoms with Crippen LogP contribution in [0.4, 0.5) is 0 Å². The molecule has 21 heavy (non-hydrogen) atoms. The Kier molecular flexibility index (Phi) is 4.40. The molecule has 3 rings (SSSR count). The minimum absolute atomic E-state index is 0.0971. The Morgan fingerprint density at radius 2 is 1.62 bits per heavy atom. The lowest BCUT2D eigenvalue weighted by molar-refractivity contribution is 0.533. The second-order valence-electron chi connectivity index (χ2n) is 4.78. The van der Waals surface area contributed by atoms with E-state index in [4.69, 9.17) is 0 Å². The Morgan fingerprint density at radius 1 is 0.952 bits per heavy atom. The molecule has 3 aromatic rings. The number of hydrogen-bond acceptors (Lipinski definition) is 3. The van der Waals surface area contributed by atoms with E-state index in [-0.39, 0.29) is 6.04 Å². The molecule has 0 aliphatic heterocycles. The van der Waals surface area contributed by atoms with Gasteiger partial charge < -0.3 is 0 Å². The van der Waals surface area contributed by atoms with Crippen molar-refractivity contribution < 1.29 is 0 Å². The van der Waals surface area contributed by atoms with Crippen LogP contribution in [0.2, 0.25) is 0 Å². The van der Waals surface area contributed by atoms with E-state index in [0.717, 1.165) is 17.6 Å². The average molecular weight is 343 g/mol. The molecule has 1 aromatic heterocycles. The SMILES string of the molecule is BrCC(c1ccccc1)n1nnnc1Cc1ccccc1. The van der Waals surface area contributed by atoms with E-state index in [1.54, 1.807) is 0 Å². The molecule has 0 fully saturated rings. The van der Waals surface area contributed by atoms with Crippen LogP contribution < -0.4 is 0 Å². The number of benzene rings is 2. The van der Waals surface area contributed by atoms with Gasteiger partial charge in [0.05, 0.1) is 6.04 Å². The van der Waals surface area contributed by atoms with Gasteiger partial charge >= 0.3 is 0 Å². The quantitative estimate of drug-likeness (QED) is 0.668. The number of tetrazole rings is 1. The van der Waals surface area contributed by atoms with Gasteiger partial charge in [-0.1, -0.05) is 76.6 Å². The molecule has 0 spiro atoms. The smallest absolute Gasteiger partial charge is 0.156 e. The van der Waals surface area contributed by atoms with Crippen molar-refractivity contribution >= 4 is 15.9 Å². The van der Waals surface area contributed by atoms with Crippen molar-refractivity contribution in [2.24, 2.45) is 0 Å². The van der Waals surface area contributed by atoms with Gasteiger partial charge in [-0.2, -0.15) is 0 Å². The van der Waals surface area contributed by atoms with Crippen molar-refractivity contribution in [3.8, 4) is 0 Å². The first kappa shape index (κ1) is 13.9. The Hall–Kier alpha value is -2.01. The largest absolute Gasteiger partial charge is 0.221 e. The van der Waals surface area contributed by atoms with Crippen molar-refractivity contribution in [1.29, 1.82) is 0 Å². The second-order valence-corrected chi connectivity index (χ2v) is 5.43. The van der Waals surface area contributed by atoms with Crippen molar-refractivity contribution in [2.45, 2.75) is 12.5 Å². The third kappa shape index (κ3) is 3.19. The Morgan fingerprint density at radius 3 is 2.29 bits per heavy atom. The first-order chi connectivity index (χ1) is 10.4. The van der Waals surface area contributed by atoms with Gasteiger partial charge in [0.25, 0.3) is 0 Å². The first-order valence-corrected chi connectivity index (χ1v) is 7.92. The Labute approximate surface area is 131 Å². The van der Waals surface area contributed by atoms with E-state index >= 15 is 0 Å². The molecule has 0 aliphatic rings. The highest BCUT2D eigenvalue weighted by molar-refractivity contribution is 9.09. The third-order valence-corrected chi connectivity index (χ3v) is 4.01. The van der Waals surface area contributed by atoms with Gasteiger partial charge in [-0.15, -0.1) is 5.10 Å². The van der Waals surface area contributed by atoms with Crippen LogP contribution in [0.5, 0.6) is 0 Å². The molecule has 0 saturated carbocycles. The minimum Gasteiger partial charge on any atom is -0.221 e. The van der Waals surface area contributed by atoms with Gasteiger partial charge in [-0.3, -0.25) is 0 Å². The summed E-state index contributed by atoms with van der Waals surface area (Å²) in [5, 5.41) is 13.0. The van der Waals surface area contributed by atoms with E-state index in [9.17, 15) is 0 Å². The molecule has 1 unspecified atom stereocenters. The molecule has 0 saturated heterocycles. The minimum atomic E-state index is 0.0971. The van der Waals surface area contributed by atoms with E-state index in [2.05, 4.69) is 55.7 Å². The molecular formula is C16H15BrN4. The van der Waals surface area contributed by atoms with Gasteiger partial charge in [0.15, 0.2) is 5.82 Å². The molecule has 106 valence electrons. The summed E-state index contributed by atoms with van der Waals surface area (Å²) in [7, 11) is 0. The van der Waals surface area contributed by atoms with Crippen LogP contribution in [-0.2, 0) is 6.42 Å². The zero-order valence-corrected chi connectivity index (χ0v) is 13.0. The number of nitrogens with zero attached hydrogens (tertiary/aromatic N) is 4. The van der Waals surface area contributed by atoms with Crippen LogP contribution in [0.15, 0.2) is 60.7 Å². The fraction of sp³-hybridized carbons (Fsp3) is 0.188. The summed E-state index contributed by atoms with van der Waals surface area (Å²) in [5.41, 5.74) is 2.39. The lowest BCUT2D eigenvalue weighted by Gasteiger charge is -2.16. The maximum absolute atomic E-state index is 4.19. The molecule has 0 aliphatic carbocycles. The van der Waals surface area contributed by atoms with Gasteiger partial charge in [0.1, 0.15) is 0 Å². The van der Waals surface area contributed by atoms with Crippen molar-refractivity contribution in [3.63, 3.8) is 0 Å². The van der Waals surface area contributed by atoms with Crippen molar-refractivity contribution in [3.05, 3.63) is 77.6 Å². The summed E-state index contributed by atoms with van der Waals surface area (Å²) in [6.45, 7) is 0. The zero-order chi connectivity index (χ0) is 14.5. The van der Waals surface area contributed by atoms with Crippen LogP contribution in [0.3, 0.4) is 0 Å². The molecule has 4 nitrogen and oxygen atoms in total. The molecule has 5 heteroatoms. The highest BCUT2D eigenvalue weighted by Gasteiger charge is 2.18. The number of halogens is 1. The van der Waals surface area contributed by atoms with Gasteiger partial charge in [-0.25, -0.2) is 4.68 Å². The van der Waals surface area contributed by atoms with Crippen LogP contribution >= 0.6 is 15.9 Å². The normalized spacial score (nSPS) is 12.2.